The Morgan fingerprint density at radius 3 is 2.72 bits per heavy atom. The second-order valence-electron chi connectivity index (χ2n) is 8.02. The van der Waals surface area contributed by atoms with Crippen molar-refractivity contribution >= 4 is 0 Å². The van der Waals surface area contributed by atoms with Crippen LogP contribution in [-0.2, 0) is 26.4 Å². The van der Waals surface area contributed by atoms with Crippen molar-refractivity contribution in [1.82, 2.24) is 5.32 Å². The maximum absolute atomic E-state index is 6.28. The van der Waals surface area contributed by atoms with Crippen molar-refractivity contribution in [2.45, 2.75) is 68.8 Å². The van der Waals surface area contributed by atoms with Crippen LogP contribution >= 0.6 is 0 Å². The Kier molecular flexibility index (Phi) is 5.14. The first-order valence-electron chi connectivity index (χ1n) is 9.84. The van der Waals surface area contributed by atoms with Gasteiger partial charge in [-0.25, -0.2) is 0 Å². The number of hydrogen-bond acceptors (Lipinski definition) is 4. The van der Waals surface area contributed by atoms with Crippen molar-refractivity contribution in [3.8, 4) is 0 Å². The molecule has 2 fully saturated rings. The molecule has 1 aliphatic carbocycles. The first-order valence-corrected chi connectivity index (χ1v) is 9.84. The van der Waals surface area contributed by atoms with Gasteiger partial charge < -0.3 is 19.5 Å². The minimum atomic E-state index is -0.126. The van der Waals surface area contributed by atoms with Crippen LogP contribution in [0.1, 0.15) is 56.1 Å². The van der Waals surface area contributed by atoms with Crippen molar-refractivity contribution in [1.29, 1.82) is 0 Å². The summed E-state index contributed by atoms with van der Waals surface area (Å²) in [5, 5.41) is 3.79. The lowest BCUT2D eigenvalue weighted by atomic mass is 9.77. The predicted octanol–water partition coefficient (Wildman–Crippen LogP) is 3.53. The van der Waals surface area contributed by atoms with Crippen LogP contribution in [0.3, 0.4) is 0 Å². The molecule has 2 aliphatic heterocycles. The summed E-state index contributed by atoms with van der Waals surface area (Å²) in [4.78, 5) is 0. The van der Waals surface area contributed by atoms with Crippen molar-refractivity contribution in [2.75, 3.05) is 26.9 Å². The fourth-order valence-electron chi connectivity index (χ4n) is 4.89. The molecule has 1 unspecified atom stereocenters. The van der Waals surface area contributed by atoms with Gasteiger partial charge in [0.25, 0.3) is 0 Å². The smallest absolute Gasteiger partial charge is 0.104 e. The molecule has 3 aliphatic rings. The quantitative estimate of drug-likeness (QED) is 0.886. The van der Waals surface area contributed by atoms with Gasteiger partial charge in [0.1, 0.15) is 5.60 Å². The van der Waals surface area contributed by atoms with Crippen LogP contribution in [0, 0.1) is 0 Å². The van der Waals surface area contributed by atoms with Crippen LogP contribution in [0.4, 0.5) is 0 Å². The molecule has 4 rings (SSSR count). The number of rotatable bonds is 5. The van der Waals surface area contributed by atoms with Gasteiger partial charge in [0, 0.05) is 26.3 Å². The summed E-state index contributed by atoms with van der Waals surface area (Å²) in [5.74, 6) is 0. The average Bonchev–Trinajstić information content (AvgIpc) is 3.01. The summed E-state index contributed by atoms with van der Waals surface area (Å²) in [7, 11) is 1.78. The molecule has 0 bridgehead atoms. The highest BCUT2D eigenvalue weighted by Crippen LogP contribution is 2.46. The number of nitrogens with one attached hydrogen (secondary N) is 1. The third kappa shape index (κ3) is 3.50. The molecule has 1 saturated carbocycles. The summed E-state index contributed by atoms with van der Waals surface area (Å²) in [5.41, 5.74) is 2.65. The molecule has 138 valence electrons. The molecule has 2 heterocycles. The standard InChI is InChI=1S/C21H31NO3/c1-23-16-20(10-4-5-13-24-20)15-22-18-8-11-21(12-9-18)19-7-3-2-6-17(19)14-25-21/h2-3,6-7,18,22H,4-5,8-16H2,1H3. The molecule has 4 nitrogen and oxygen atoms in total. The molecule has 1 N–H and O–H groups in total. The van der Waals surface area contributed by atoms with Gasteiger partial charge in [-0.3, -0.25) is 0 Å². The molecule has 1 spiro atoms. The predicted molar refractivity (Wildman–Crippen MR) is 97.6 cm³/mol. The lowest BCUT2D eigenvalue weighted by Crippen LogP contribution is -2.52. The number of fused-ring (bicyclic) bond motifs is 2. The van der Waals surface area contributed by atoms with E-state index in [2.05, 4.69) is 29.6 Å². The molecular formula is C21H31NO3. The Balaban J connectivity index is 1.34. The molecular weight excluding hydrogens is 314 g/mol. The molecule has 1 aromatic carbocycles. The van der Waals surface area contributed by atoms with Gasteiger partial charge in [0.2, 0.25) is 0 Å². The maximum atomic E-state index is 6.28. The number of hydrogen-bond donors (Lipinski definition) is 1. The van der Waals surface area contributed by atoms with Crippen LogP contribution in [0.5, 0.6) is 0 Å². The Hall–Kier alpha value is -0.940. The summed E-state index contributed by atoms with van der Waals surface area (Å²) in [6.07, 6.45) is 8.06. The highest BCUT2D eigenvalue weighted by molar-refractivity contribution is 5.35. The fraction of sp³-hybridized carbons (Fsp3) is 0.714. The zero-order chi connectivity index (χ0) is 17.2. The molecule has 4 heteroatoms. The highest BCUT2D eigenvalue weighted by Gasteiger charge is 2.43. The Bertz CT molecular complexity index is 569. The second-order valence-corrected chi connectivity index (χ2v) is 8.02. The first kappa shape index (κ1) is 17.5. The summed E-state index contributed by atoms with van der Waals surface area (Å²) >= 11 is 0. The highest BCUT2D eigenvalue weighted by atomic mass is 16.5. The third-order valence-corrected chi connectivity index (χ3v) is 6.36. The second kappa shape index (κ2) is 7.36. The minimum Gasteiger partial charge on any atom is -0.382 e. The maximum Gasteiger partial charge on any atom is 0.104 e. The van der Waals surface area contributed by atoms with Crippen molar-refractivity contribution < 1.29 is 14.2 Å². The van der Waals surface area contributed by atoms with E-state index in [0.29, 0.717) is 12.6 Å². The summed E-state index contributed by atoms with van der Waals surface area (Å²) in [6, 6.07) is 9.30. The average molecular weight is 345 g/mol. The van der Waals surface area contributed by atoms with E-state index in [1.54, 1.807) is 7.11 Å². The molecule has 0 amide bonds. The van der Waals surface area contributed by atoms with Gasteiger partial charge in [0.15, 0.2) is 0 Å². The Labute approximate surface area is 151 Å². The topological polar surface area (TPSA) is 39.7 Å². The van der Waals surface area contributed by atoms with E-state index in [4.69, 9.17) is 14.2 Å². The van der Waals surface area contributed by atoms with Crippen LogP contribution in [0.2, 0.25) is 0 Å². The van der Waals surface area contributed by atoms with E-state index in [1.807, 2.05) is 0 Å². The number of methoxy groups -OCH3 is 1. The molecule has 0 radical (unpaired) electrons. The van der Waals surface area contributed by atoms with Crippen LogP contribution in [0.15, 0.2) is 24.3 Å². The summed E-state index contributed by atoms with van der Waals surface area (Å²) < 4.78 is 17.9. The number of benzene rings is 1. The van der Waals surface area contributed by atoms with Crippen molar-refractivity contribution in [2.24, 2.45) is 0 Å². The lowest BCUT2D eigenvalue weighted by molar-refractivity contribution is -0.116. The number of ether oxygens (including phenoxy) is 3. The molecule has 1 atom stereocenters. The van der Waals surface area contributed by atoms with E-state index >= 15 is 0 Å². The van der Waals surface area contributed by atoms with Gasteiger partial charge in [-0.1, -0.05) is 24.3 Å². The minimum absolute atomic E-state index is 0.0275. The van der Waals surface area contributed by atoms with E-state index in [9.17, 15) is 0 Å². The molecule has 1 saturated heterocycles. The van der Waals surface area contributed by atoms with Crippen LogP contribution in [0.25, 0.3) is 0 Å². The van der Waals surface area contributed by atoms with E-state index < -0.39 is 0 Å². The Morgan fingerprint density at radius 2 is 1.96 bits per heavy atom. The van der Waals surface area contributed by atoms with Gasteiger partial charge in [-0.2, -0.15) is 0 Å². The Morgan fingerprint density at radius 1 is 1.12 bits per heavy atom. The molecule has 25 heavy (non-hydrogen) atoms. The van der Waals surface area contributed by atoms with Gasteiger partial charge in [-0.05, 0) is 56.1 Å². The zero-order valence-electron chi connectivity index (χ0n) is 15.4. The van der Waals surface area contributed by atoms with E-state index in [0.717, 1.165) is 51.9 Å². The van der Waals surface area contributed by atoms with Crippen LogP contribution in [-0.4, -0.2) is 38.5 Å². The third-order valence-electron chi connectivity index (χ3n) is 6.36. The van der Waals surface area contributed by atoms with E-state index in [1.165, 1.54) is 24.0 Å². The summed E-state index contributed by atoms with van der Waals surface area (Å²) in [6.45, 7) is 3.23. The van der Waals surface area contributed by atoms with Crippen molar-refractivity contribution in [3.63, 3.8) is 0 Å². The normalized spacial score (nSPS) is 35.0. The SMILES string of the molecule is COCC1(CNC2CCC3(CC2)OCc2ccccc23)CCCCO1. The lowest BCUT2D eigenvalue weighted by Gasteiger charge is -2.41. The largest absolute Gasteiger partial charge is 0.382 e. The first-order chi connectivity index (χ1) is 12.3. The van der Waals surface area contributed by atoms with Crippen LogP contribution < -0.4 is 5.32 Å². The van der Waals surface area contributed by atoms with E-state index in [-0.39, 0.29) is 11.2 Å². The monoisotopic (exact) mass is 345 g/mol. The molecule has 1 aromatic rings. The molecule has 0 aromatic heterocycles. The van der Waals surface area contributed by atoms with Gasteiger partial charge >= 0.3 is 0 Å². The van der Waals surface area contributed by atoms with Gasteiger partial charge in [-0.15, -0.1) is 0 Å². The van der Waals surface area contributed by atoms with Gasteiger partial charge in [0.05, 0.1) is 18.8 Å². The zero-order valence-corrected chi connectivity index (χ0v) is 15.4. The van der Waals surface area contributed by atoms with Crippen molar-refractivity contribution in [3.05, 3.63) is 35.4 Å². The fourth-order valence-corrected chi connectivity index (χ4v) is 4.89.